The van der Waals surface area contributed by atoms with Crippen molar-refractivity contribution in [1.29, 1.82) is 0 Å². The van der Waals surface area contributed by atoms with Gasteiger partial charge < -0.3 is 5.73 Å². The molecule has 0 aliphatic carbocycles. The number of aromatic nitrogens is 2. The predicted octanol–water partition coefficient (Wildman–Crippen LogP) is 0.626. The van der Waals surface area contributed by atoms with Gasteiger partial charge in [-0.3, -0.25) is 4.90 Å². The smallest absolute Gasteiger partial charge is 0.125 e. The van der Waals surface area contributed by atoms with Crippen molar-refractivity contribution in [2.45, 2.75) is 32.9 Å². The summed E-state index contributed by atoms with van der Waals surface area (Å²) in [5, 5.41) is 0. The molecule has 4 heteroatoms. The highest BCUT2D eigenvalue weighted by Crippen LogP contribution is 2.18. The second-order valence-corrected chi connectivity index (χ2v) is 4.20. The van der Waals surface area contributed by atoms with Crippen molar-refractivity contribution < 1.29 is 0 Å². The Balaban J connectivity index is 2.04. The standard InChI is InChI=1S/C11H18N4/c1-8-5-10(14-9(2)13-8)7-15-4-3-11(15)6-12/h5,11H,3-4,6-7,12H2,1-2H3. The van der Waals surface area contributed by atoms with Crippen LogP contribution in [0.1, 0.15) is 23.6 Å². The first-order valence-electron chi connectivity index (χ1n) is 5.44. The molecule has 1 fully saturated rings. The van der Waals surface area contributed by atoms with Crippen LogP contribution < -0.4 is 5.73 Å². The minimum Gasteiger partial charge on any atom is -0.329 e. The average molecular weight is 206 g/mol. The third-order valence-electron chi connectivity index (χ3n) is 2.92. The number of nitrogens with two attached hydrogens (primary N) is 1. The maximum Gasteiger partial charge on any atom is 0.125 e. The van der Waals surface area contributed by atoms with Crippen LogP contribution in [0.3, 0.4) is 0 Å². The monoisotopic (exact) mass is 206 g/mol. The summed E-state index contributed by atoms with van der Waals surface area (Å²) in [5.74, 6) is 0.856. The Kier molecular flexibility index (Phi) is 2.98. The average Bonchev–Trinajstić information content (AvgIpc) is 2.12. The van der Waals surface area contributed by atoms with Crippen LogP contribution in [0.5, 0.6) is 0 Å². The zero-order valence-electron chi connectivity index (χ0n) is 9.40. The third kappa shape index (κ3) is 2.33. The minimum atomic E-state index is 0.556. The molecule has 0 aromatic carbocycles. The first-order chi connectivity index (χ1) is 7.19. The molecule has 1 aliphatic heterocycles. The third-order valence-corrected chi connectivity index (χ3v) is 2.92. The Morgan fingerprint density at radius 1 is 1.47 bits per heavy atom. The molecule has 2 heterocycles. The normalized spacial score (nSPS) is 21.4. The summed E-state index contributed by atoms with van der Waals surface area (Å²) >= 11 is 0. The van der Waals surface area contributed by atoms with Crippen molar-refractivity contribution in [3.63, 3.8) is 0 Å². The number of hydrogen-bond acceptors (Lipinski definition) is 4. The second-order valence-electron chi connectivity index (χ2n) is 4.20. The summed E-state index contributed by atoms with van der Waals surface area (Å²) in [4.78, 5) is 11.1. The lowest BCUT2D eigenvalue weighted by Crippen LogP contribution is -2.51. The van der Waals surface area contributed by atoms with Crippen molar-refractivity contribution in [3.8, 4) is 0 Å². The minimum absolute atomic E-state index is 0.556. The quantitative estimate of drug-likeness (QED) is 0.788. The van der Waals surface area contributed by atoms with E-state index in [-0.39, 0.29) is 0 Å². The molecule has 15 heavy (non-hydrogen) atoms. The maximum atomic E-state index is 5.66. The van der Waals surface area contributed by atoms with Gasteiger partial charge in [0, 0.05) is 31.4 Å². The van der Waals surface area contributed by atoms with Crippen LogP contribution in [0.15, 0.2) is 6.07 Å². The SMILES string of the molecule is Cc1cc(CN2CCC2CN)nc(C)n1. The molecule has 2 N–H and O–H groups in total. The van der Waals surface area contributed by atoms with E-state index in [1.54, 1.807) is 0 Å². The van der Waals surface area contributed by atoms with E-state index < -0.39 is 0 Å². The fourth-order valence-electron chi connectivity index (χ4n) is 2.05. The van der Waals surface area contributed by atoms with Gasteiger partial charge in [-0.15, -0.1) is 0 Å². The maximum absolute atomic E-state index is 5.66. The highest BCUT2D eigenvalue weighted by Gasteiger charge is 2.26. The summed E-state index contributed by atoms with van der Waals surface area (Å²) in [6, 6.07) is 2.61. The molecule has 0 amide bonds. The number of hydrogen-bond donors (Lipinski definition) is 1. The van der Waals surface area contributed by atoms with Crippen LogP contribution in [0, 0.1) is 13.8 Å². The molecule has 2 rings (SSSR count). The number of likely N-dealkylation sites (tertiary alicyclic amines) is 1. The molecule has 82 valence electrons. The van der Waals surface area contributed by atoms with Crippen molar-refractivity contribution in [1.82, 2.24) is 14.9 Å². The molecule has 0 spiro atoms. The zero-order valence-corrected chi connectivity index (χ0v) is 9.40. The highest BCUT2D eigenvalue weighted by atomic mass is 15.2. The predicted molar refractivity (Wildman–Crippen MR) is 59.4 cm³/mol. The van der Waals surface area contributed by atoms with E-state index in [4.69, 9.17) is 5.73 Å². The van der Waals surface area contributed by atoms with Gasteiger partial charge >= 0.3 is 0 Å². The molecule has 0 saturated carbocycles. The molecule has 0 bridgehead atoms. The van der Waals surface area contributed by atoms with Gasteiger partial charge in [-0.2, -0.15) is 0 Å². The van der Waals surface area contributed by atoms with E-state index in [9.17, 15) is 0 Å². The van der Waals surface area contributed by atoms with Crippen LogP contribution in [0.25, 0.3) is 0 Å². The van der Waals surface area contributed by atoms with E-state index in [2.05, 4.69) is 20.9 Å². The van der Waals surface area contributed by atoms with E-state index in [1.807, 2.05) is 13.8 Å². The van der Waals surface area contributed by atoms with Crippen molar-refractivity contribution in [2.75, 3.05) is 13.1 Å². The van der Waals surface area contributed by atoms with Crippen LogP contribution in [0.2, 0.25) is 0 Å². The van der Waals surface area contributed by atoms with Gasteiger partial charge in [0.25, 0.3) is 0 Å². The lowest BCUT2D eigenvalue weighted by molar-refractivity contribution is 0.0866. The molecular weight excluding hydrogens is 188 g/mol. The molecule has 1 atom stereocenters. The fraction of sp³-hybridized carbons (Fsp3) is 0.636. The Morgan fingerprint density at radius 2 is 2.27 bits per heavy atom. The summed E-state index contributed by atoms with van der Waals surface area (Å²) in [6.07, 6.45) is 1.22. The molecule has 1 unspecified atom stereocenters. The number of rotatable bonds is 3. The first-order valence-corrected chi connectivity index (χ1v) is 5.44. The van der Waals surface area contributed by atoms with Crippen molar-refractivity contribution >= 4 is 0 Å². The Hall–Kier alpha value is -1.00. The van der Waals surface area contributed by atoms with Crippen LogP contribution in [0.4, 0.5) is 0 Å². The van der Waals surface area contributed by atoms with E-state index in [0.717, 1.165) is 36.8 Å². The van der Waals surface area contributed by atoms with Crippen LogP contribution >= 0.6 is 0 Å². The fourth-order valence-corrected chi connectivity index (χ4v) is 2.05. The van der Waals surface area contributed by atoms with Gasteiger partial charge in [-0.05, 0) is 26.3 Å². The lowest BCUT2D eigenvalue weighted by atomic mass is 10.0. The Morgan fingerprint density at radius 3 is 2.80 bits per heavy atom. The topological polar surface area (TPSA) is 55.0 Å². The molecule has 0 radical (unpaired) electrons. The lowest BCUT2D eigenvalue weighted by Gasteiger charge is -2.40. The largest absolute Gasteiger partial charge is 0.329 e. The summed E-state index contributed by atoms with van der Waals surface area (Å²) in [7, 11) is 0. The van der Waals surface area contributed by atoms with Gasteiger partial charge in [0.1, 0.15) is 5.82 Å². The number of aryl methyl sites for hydroxylation is 2. The van der Waals surface area contributed by atoms with Gasteiger partial charge in [0.2, 0.25) is 0 Å². The second kappa shape index (κ2) is 4.24. The summed E-state index contributed by atoms with van der Waals surface area (Å²) in [5.41, 5.74) is 7.82. The van der Waals surface area contributed by atoms with Crippen LogP contribution in [-0.2, 0) is 6.54 Å². The van der Waals surface area contributed by atoms with Gasteiger partial charge in [-0.1, -0.05) is 0 Å². The molecule has 1 aromatic rings. The van der Waals surface area contributed by atoms with Crippen LogP contribution in [-0.4, -0.2) is 34.0 Å². The van der Waals surface area contributed by atoms with E-state index in [1.165, 1.54) is 6.42 Å². The molecule has 1 aliphatic rings. The molecule has 4 nitrogen and oxygen atoms in total. The molecular formula is C11H18N4. The first kappa shape index (κ1) is 10.5. The van der Waals surface area contributed by atoms with Gasteiger partial charge in [0.05, 0.1) is 5.69 Å². The molecule has 1 aromatic heterocycles. The highest BCUT2D eigenvalue weighted by molar-refractivity contribution is 5.10. The van der Waals surface area contributed by atoms with E-state index >= 15 is 0 Å². The summed E-state index contributed by atoms with van der Waals surface area (Å²) < 4.78 is 0. The van der Waals surface area contributed by atoms with Crippen molar-refractivity contribution in [3.05, 3.63) is 23.3 Å². The zero-order chi connectivity index (χ0) is 10.8. The van der Waals surface area contributed by atoms with Crippen molar-refractivity contribution in [2.24, 2.45) is 5.73 Å². The Labute approximate surface area is 90.5 Å². The van der Waals surface area contributed by atoms with E-state index in [0.29, 0.717) is 6.04 Å². The summed E-state index contributed by atoms with van der Waals surface area (Å²) in [6.45, 7) is 6.75. The number of nitrogens with zero attached hydrogens (tertiary/aromatic N) is 3. The Bertz CT molecular complexity index is 328. The molecule has 1 saturated heterocycles. The van der Waals surface area contributed by atoms with Gasteiger partial charge in [0.15, 0.2) is 0 Å². The van der Waals surface area contributed by atoms with Gasteiger partial charge in [-0.25, -0.2) is 9.97 Å².